The fourth-order valence-electron chi connectivity index (χ4n) is 2.47. The van der Waals surface area contributed by atoms with E-state index in [4.69, 9.17) is 9.73 Å². The zero-order valence-corrected chi connectivity index (χ0v) is 11.6. The van der Waals surface area contributed by atoms with Crippen molar-refractivity contribution in [1.29, 1.82) is 0 Å². The van der Waals surface area contributed by atoms with Crippen molar-refractivity contribution in [3.63, 3.8) is 0 Å². The van der Waals surface area contributed by atoms with Crippen LogP contribution >= 0.6 is 0 Å². The zero-order chi connectivity index (χ0) is 13.8. The normalized spacial score (nSPS) is 16.6. The Morgan fingerprint density at radius 2 is 1.75 bits per heavy atom. The predicted octanol–water partition coefficient (Wildman–Crippen LogP) is 4.03. The molecule has 2 aromatic carbocycles. The van der Waals surface area contributed by atoms with E-state index in [1.165, 1.54) is 5.69 Å². The summed E-state index contributed by atoms with van der Waals surface area (Å²) in [5, 5.41) is 0. The maximum atomic E-state index is 5.21. The minimum Gasteiger partial charge on any atom is -0.497 e. The van der Waals surface area contributed by atoms with Gasteiger partial charge in [0.05, 0.1) is 12.8 Å². The van der Waals surface area contributed by atoms with Crippen LogP contribution in [0.5, 0.6) is 5.75 Å². The summed E-state index contributed by atoms with van der Waals surface area (Å²) in [4.78, 5) is 7.05. The topological polar surface area (TPSA) is 24.8 Å². The van der Waals surface area contributed by atoms with Crippen LogP contribution in [0.15, 0.2) is 59.6 Å². The fraction of sp³-hybridized carbons (Fsp3) is 0.235. The fourth-order valence-corrected chi connectivity index (χ4v) is 2.47. The van der Waals surface area contributed by atoms with Gasteiger partial charge in [-0.05, 0) is 42.8 Å². The average Bonchev–Trinajstić information content (AvgIpc) is 2.96. The van der Waals surface area contributed by atoms with E-state index in [0.29, 0.717) is 0 Å². The largest absolute Gasteiger partial charge is 0.497 e. The van der Waals surface area contributed by atoms with Crippen molar-refractivity contribution in [3.05, 3.63) is 54.6 Å². The van der Waals surface area contributed by atoms with E-state index >= 15 is 0 Å². The molecule has 0 radical (unpaired) electrons. The van der Waals surface area contributed by atoms with Gasteiger partial charge in [-0.1, -0.05) is 18.2 Å². The lowest BCUT2D eigenvalue weighted by atomic mass is 10.2. The molecule has 20 heavy (non-hydrogen) atoms. The van der Waals surface area contributed by atoms with E-state index in [1.807, 2.05) is 42.5 Å². The van der Waals surface area contributed by atoms with Crippen LogP contribution in [0, 0.1) is 0 Å². The van der Waals surface area contributed by atoms with Crippen molar-refractivity contribution in [2.24, 2.45) is 4.99 Å². The summed E-state index contributed by atoms with van der Waals surface area (Å²) in [6.45, 7) is 1.03. The molecule has 3 nitrogen and oxygen atoms in total. The molecule has 1 aliphatic rings. The Hall–Kier alpha value is -2.29. The van der Waals surface area contributed by atoms with Crippen molar-refractivity contribution in [2.75, 3.05) is 18.6 Å². The van der Waals surface area contributed by atoms with E-state index < -0.39 is 0 Å². The van der Waals surface area contributed by atoms with E-state index in [-0.39, 0.29) is 0 Å². The number of aliphatic imine (C=N–C) groups is 1. The van der Waals surface area contributed by atoms with Crippen LogP contribution in [0.1, 0.15) is 12.8 Å². The molecule has 0 unspecified atom stereocenters. The zero-order valence-electron chi connectivity index (χ0n) is 11.6. The molecule has 0 aromatic heterocycles. The maximum absolute atomic E-state index is 5.21. The Labute approximate surface area is 119 Å². The van der Waals surface area contributed by atoms with E-state index in [9.17, 15) is 0 Å². The number of methoxy groups -OCH3 is 1. The maximum Gasteiger partial charge on any atom is 0.119 e. The summed E-state index contributed by atoms with van der Waals surface area (Å²) in [7, 11) is 1.69. The summed E-state index contributed by atoms with van der Waals surface area (Å²) in [6.07, 6.45) is 2.18. The average molecular weight is 266 g/mol. The highest BCUT2D eigenvalue weighted by molar-refractivity contribution is 6.01. The van der Waals surface area contributed by atoms with Crippen LogP contribution in [0.4, 0.5) is 11.4 Å². The quantitative estimate of drug-likeness (QED) is 0.838. The van der Waals surface area contributed by atoms with Gasteiger partial charge in [0.2, 0.25) is 0 Å². The van der Waals surface area contributed by atoms with Crippen molar-refractivity contribution >= 4 is 17.2 Å². The SMILES string of the molecule is COc1ccc(N2CCCC2=Nc2ccccc2)cc1. The minimum absolute atomic E-state index is 0.884. The molecule has 1 aliphatic heterocycles. The molecule has 0 bridgehead atoms. The van der Waals surface area contributed by atoms with Crippen molar-refractivity contribution in [2.45, 2.75) is 12.8 Å². The number of amidine groups is 1. The highest BCUT2D eigenvalue weighted by Crippen LogP contribution is 2.26. The molecule has 1 fully saturated rings. The van der Waals surface area contributed by atoms with Crippen molar-refractivity contribution in [3.8, 4) is 5.75 Å². The summed E-state index contributed by atoms with van der Waals surface area (Å²) in [5.41, 5.74) is 2.20. The van der Waals surface area contributed by atoms with Gasteiger partial charge >= 0.3 is 0 Å². The molecule has 0 amide bonds. The lowest BCUT2D eigenvalue weighted by molar-refractivity contribution is 0.415. The second kappa shape index (κ2) is 5.78. The molecule has 102 valence electrons. The number of hydrogen-bond donors (Lipinski definition) is 0. The molecule has 1 heterocycles. The van der Waals surface area contributed by atoms with Crippen LogP contribution in [0.25, 0.3) is 0 Å². The Kier molecular flexibility index (Phi) is 3.68. The second-order valence-electron chi connectivity index (χ2n) is 4.82. The van der Waals surface area contributed by atoms with E-state index in [1.54, 1.807) is 7.11 Å². The molecule has 3 rings (SSSR count). The highest BCUT2D eigenvalue weighted by Gasteiger charge is 2.20. The van der Waals surface area contributed by atoms with Crippen LogP contribution in [0.3, 0.4) is 0 Å². The molecular formula is C17H18N2O. The number of para-hydroxylation sites is 1. The van der Waals surface area contributed by atoms with Crippen molar-refractivity contribution < 1.29 is 4.74 Å². The van der Waals surface area contributed by atoms with Gasteiger partial charge in [-0.2, -0.15) is 0 Å². The third-order valence-corrected chi connectivity index (χ3v) is 3.49. The Morgan fingerprint density at radius 1 is 1.00 bits per heavy atom. The summed E-state index contributed by atoms with van der Waals surface area (Å²) in [5.74, 6) is 2.02. The summed E-state index contributed by atoms with van der Waals surface area (Å²) < 4.78 is 5.21. The molecule has 0 saturated carbocycles. The van der Waals surface area contributed by atoms with E-state index in [0.717, 1.165) is 36.7 Å². The lowest BCUT2D eigenvalue weighted by Crippen LogP contribution is -2.23. The molecule has 0 N–H and O–H groups in total. The Balaban J connectivity index is 1.86. The molecule has 3 heteroatoms. The number of rotatable bonds is 3. The Morgan fingerprint density at radius 3 is 2.45 bits per heavy atom. The number of hydrogen-bond acceptors (Lipinski definition) is 2. The van der Waals surface area contributed by atoms with Crippen LogP contribution in [-0.2, 0) is 0 Å². The molecule has 0 atom stereocenters. The van der Waals surface area contributed by atoms with Gasteiger partial charge in [0, 0.05) is 18.7 Å². The van der Waals surface area contributed by atoms with Gasteiger partial charge in [-0.25, -0.2) is 4.99 Å². The highest BCUT2D eigenvalue weighted by atomic mass is 16.5. The monoisotopic (exact) mass is 266 g/mol. The number of benzene rings is 2. The third kappa shape index (κ3) is 2.67. The minimum atomic E-state index is 0.884. The molecule has 1 saturated heterocycles. The third-order valence-electron chi connectivity index (χ3n) is 3.49. The summed E-state index contributed by atoms with van der Waals surface area (Å²) in [6, 6.07) is 18.3. The number of nitrogens with zero attached hydrogens (tertiary/aromatic N) is 2. The van der Waals surface area contributed by atoms with Crippen molar-refractivity contribution in [1.82, 2.24) is 0 Å². The molecule has 2 aromatic rings. The van der Waals surface area contributed by atoms with Gasteiger partial charge in [0.25, 0.3) is 0 Å². The van der Waals surface area contributed by atoms with Crippen LogP contribution in [-0.4, -0.2) is 19.5 Å². The van der Waals surface area contributed by atoms with Gasteiger partial charge < -0.3 is 9.64 Å². The van der Waals surface area contributed by atoms with Gasteiger partial charge in [-0.3, -0.25) is 0 Å². The predicted molar refractivity (Wildman–Crippen MR) is 83.1 cm³/mol. The Bertz CT molecular complexity index is 590. The molecule has 0 aliphatic carbocycles. The van der Waals surface area contributed by atoms with Crippen LogP contribution < -0.4 is 9.64 Å². The van der Waals surface area contributed by atoms with Gasteiger partial charge in [0.1, 0.15) is 11.6 Å². The van der Waals surface area contributed by atoms with Gasteiger partial charge in [-0.15, -0.1) is 0 Å². The first kappa shape index (κ1) is 12.7. The number of anilines is 1. The van der Waals surface area contributed by atoms with E-state index in [2.05, 4.69) is 17.0 Å². The smallest absolute Gasteiger partial charge is 0.119 e. The van der Waals surface area contributed by atoms with Crippen LogP contribution in [0.2, 0.25) is 0 Å². The number of ether oxygens (including phenoxy) is 1. The molecular weight excluding hydrogens is 248 g/mol. The first-order valence-corrected chi connectivity index (χ1v) is 6.91. The molecule has 0 spiro atoms. The first-order valence-electron chi connectivity index (χ1n) is 6.91. The second-order valence-corrected chi connectivity index (χ2v) is 4.82. The standard InChI is InChI=1S/C17H18N2O/c1-20-16-11-9-15(10-12-16)19-13-5-8-17(19)18-14-6-3-2-4-7-14/h2-4,6-7,9-12H,5,8,13H2,1H3. The first-order chi connectivity index (χ1) is 9.86. The lowest BCUT2D eigenvalue weighted by Gasteiger charge is -2.19. The van der Waals surface area contributed by atoms with Gasteiger partial charge in [0.15, 0.2) is 0 Å². The summed E-state index contributed by atoms with van der Waals surface area (Å²) >= 11 is 0.